The SMILES string of the molecule is CCOc1ccc(-c2cc(=O)n(Cc3ccc(NC(=O)[C@@H]4CCCN4)cc3)c3cc(OC)ccc23)cc1. The second kappa shape index (κ2) is 10.9. The summed E-state index contributed by atoms with van der Waals surface area (Å²) in [6.45, 7) is 3.82. The van der Waals surface area contributed by atoms with Gasteiger partial charge in [0.15, 0.2) is 0 Å². The largest absolute Gasteiger partial charge is 0.497 e. The number of hydrogen-bond acceptors (Lipinski definition) is 5. The van der Waals surface area contributed by atoms with Gasteiger partial charge in [-0.05, 0) is 79.4 Å². The Balaban J connectivity index is 1.46. The number of fused-ring (bicyclic) bond motifs is 1. The van der Waals surface area contributed by atoms with E-state index in [0.29, 0.717) is 18.9 Å². The van der Waals surface area contributed by atoms with E-state index in [1.54, 1.807) is 17.7 Å². The summed E-state index contributed by atoms with van der Waals surface area (Å²) >= 11 is 0. The lowest BCUT2D eigenvalue weighted by Gasteiger charge is -2.16. The predicted molar refractivity (Wildman–Crippen MR) is 147 cm³/mol. The lowest BCUT2D eigenvalue weighted by atomic mass is 10.0. The van der Waals surface area contributed by atoms with Crippen LogP contribution in [0.15, 0.2) is 77.6 Å². The van der Waals surface area contributed by atoms with E-state index in [2.05, 4.69) is 10.6 Å². The van der Waals surface area contributed by atoms with Crippen LogP contribution in [0.5, 0.6) is 11.5 Å². The fourth-order valence-corrected chi connectivity index (χ4v) is 4.80. The van der Waals surface area contributed by atoms with Crippen molar-refractivity contribution >= 4 is 22.5 Å². The molecule has 3 aromatic carbocycles. The van der Waals surface area contributed by atoms with Gasteiger partial charge in [-0.15, -0.1) is 0 Å². The quantitative estimate of drug-likeness (QED) is 0.365. The van der Waals surface area contributed by atoms with Gasteiger partial charge in [0, 0.05) is 23.2 Å². The maximum Gasteiger partial charge on any atom is 0.251 e. The maximum absolute atomic E-state index is 13.4. The van der Waals surface area contributed by atoms with Crippen LogP contribution >= 0.6 is 0 Å². The average molecular weight is 498 g/mol. The molecule has 2 N–H and O–H groups in total. The first-order valence-electron chi connectivity index (χ1n) is 12.6. The summed E-state index contributed by atoms with van der Waals surface area (Å²) in [7, 11) is 1.62. The Morgan fingerprint density at radius 3 is 2.46 bits per heavy atom. The summed E-state index contributed by atoms with van der Waals surface area (Å²) in [6.07, 6.45) is 1.87. The van der Waals surface area contributed by atoms with Crippen LogP contribution in [0, 0.1) is 0 Å². The first-order chi connectivity index (χ1) is 18.1. The molecule has 190 valence electrons. The summed E-state index contributed by atoms with van der Waals surface area (Å²) < 4.78 is 12.8. The highest BCUT2D eigenvalue weighted by molar-refractivity contribution is 5.96. The number of ether oxygens (including phenoxy) is 2. The number of rotatable bonds is 8. The molecule has 1 amide bonds. The summed E-state index contributed by atoms with van der Waals surface area (Å²) in [5, 5.41) is 7.14. The lowest BCUT2D eigenvalue weighted by molar-refractivity contribution is -0.117. The van der Waals surface area contributed by atoms with Gasteiger partial charge in [-0.25, -0.2) is 0 Å². The van der Waals surface area contributed by atoms with E-state index in [0.717, 1.165) is 58.4 Å². The molecule has 37 heavy (non-hydrogen) atoms. The van der Waals surface area contributed by atoms with Gasteiger partial charge in [-0.1, -0.05) is 24.3 Å². The number of benzene rings is 3. The molecule has 1 atom stereocenters. The van der Waals surface area contributed by atoms with Crippen molar-refractivity contribution in [2.75, 3.05) is 25.6 Å². The number of anilines is 1. The Hall–Kier alpha value is -4.10. The zero-order chi connectivity index (χ0) is 25.8. The van der Waals surface area contributed by atoms with Crippen molar-refractivity contribution in [3.63, 3.8) is 0 Å². The van der Waals surface area contributed by atoms with Crippen LogP contribution in [0.2, 0.25) is 0 Å². The zero-order valence-corrected chi connectivity index (χ0v) is 21.1. The topological polar surface area (TPSA) is 81.6 Å². The van der Waals surface area contributed by atoms with Gasteiger partial charge in [0.2, 0.25) is 5.91 Å². The zero-order valence-electron chi connectivity index (χ0n) is 21.1. The highest BCUT2D eigenvalue weighted by Gasteiger charge is 2.21. The minimum atomic E-state index is -0.131. The third-order valence-electron chi connectivity index (χ3n) is 6.73. The van der Waals surface area contributed by atoms with Crippen LogP contribution in [0.25, 0.3) is 22.0 Å². The van der Waals surface area contributed by atoms with Gasteiger partial charge in [0.1, 0.15) is 11.5 Å². The summed E-state index contributed by atoms with van der Waals surface area (Å²) in [5.74, 6) is 1.47. The third kappa shape index (κ3) is 5.37. The fourth-order valence-electron chi connectivity index (χ4n) is 4.80. The van der Waals surface area contributed by atoms with E-state index in [9.17, 15) is 9.59 Å². The molecule has 1 aromatic heterocycles. The molecule has 0 aliphatic carbocycles. The average Bonchev–Trinajstić information content (AvgIpc) is 3.47. The van der Waals surface area contributed by atoms with Gasteiger partial charge in [-0.2, -0.15) is 0 Å². The molecular formula is C30H31N3O4. The van der Waals surface area contributed by atoms with E-state index in [1.165, 1.54) is 0 Å². The Morgan fingerprint density at radius 1 is 1.03 bits per heavy atom. The van der Waals surface area contributed by atoms with Gasteiger partial charge < -0.3 is 24.7 Å². The predicted octanol–water partition coefficient (Wildman–Crippen LogP) is 4.81. The van der Waals surface area contributed by atoms with Crippen molar-refractivity contribution in [1.29, 1.82) is 0 Å². The molecule has 1 aliphatic rings. The molecule has 0 saturated carbocycles. The van der Waals surface area contributed by atoms with Crippen LogP contribution in [-0.2, 0) is 11.3 Å². The molecule has 7 heteroatoms. The van der Waals surface area contributed by atoms with Crippen molar-refractivity contribution in [3.8, 4) is 22.6 Å². The Kier molecular flexibility index (Phi) is 7.23. The summed E-state index contributed by atoms with van der Waals surface area (Å²) in [4.78, 5) is 25.8. The molecule has 1 fully saturated rings. The van der Waals surface area contributed by atoms with Crippen LogP contribution < -0.4 is 25.7 Å². The number of methoxy groups -OCH3 is 1. The Morgan fingerprint density at radius 2 is 1.78 bits per heavy atom. The van der Waals surface area contributed by atoms with Crippen molar-refractivity contribution in [1.82, 2.24) is 9.88 Å². The first kappa shape index (κ1) is 24.6. The number of pyridine rings is 1. The van der Waals surface area contributed by atoms with E-state index < -0.39 is 0 Å². The Labute approximate surface area is 216 Å². The summed E-state index contributed by atoms with van der Waals surface area (Å²) in [5.41, 5.74) is 4.19. The van der Waals surface area contributed by atoms with E-state index in [-0.39, 0.29) is 17.5 Å². The van der Waals surface area contributed by atoms with Crippen molar-refractivity contribution in [2.45, 2.75) is 32.4 Å². The standard InChI is InChI=1S/C30H31N3O4/c1-3-37-23-12-8-21(9-13-23)26-18-29(34)33(28-17-24(36-2)14-15-25(26)28)19-20-6-10-22(11-7-20)32-30(35)27-5-4-16-31-27/h6-15,17-18,27,31H,3-5,16,19H2,1-2H3,(H,32,35)/t27-/m0/s1. The van der Waals surface area contributed by atoms with E-state index >= 15 is 0 Å². The summed E-state index contributed by atoms with van der Waals surface area (Å²) in [6, 6.07) is 22.8. The fraction of sp³-hybridized carbons (Fsp3) is 0.267. The molecule has 4 aromatic rings. The molecule has 0 radical (unpaired) electrons. The molecule has 1 aliphatic heterocycles. The third-order valence-corrected chi connectivity index (χ3v) is 6.73. The molecule has 0 spiro atoms. The van der Waals surface area contributed by atoms with E-state index in [4.69, 9.17) is 9.47 Å². The molecule has 0 unspecified atom stereocenters. The normalized spacial score (nSPS) is 15.0. The number of amides is 1. The number of aromatic nitrogens is 1. The van der Waals surface area contributed by atoms with E-state index in [1.807, 2.05) is 73.7 Å². The van der Waals surface area contributed by atoms with Crippen molar-refractivity contribution < 1.29 is 14.3 Å². The Bertz CT molecular complexity index is 1450. The smallest absolute Gasteiger partial charge is 0.251 e. The highest BCUT2D eigenvalue weighted by Crippen LogP contribution is 2.31. The molecule has 2 heterocycles. The number of hydrogen-bond donors (Lipinski definition) is 2. The minimum absolute atomic E-state index is 0.00978. The van der Waals surface area contributed by atoms with Gasteiger partial charge >= 0.3 is 0 Å². The number of carbonyl (C=O) groups is 1. The first-order valence-corrected chi connectivity index (χ1v) is 12.6. The van der Waals surface area contributed by atoms with Gasteiger partial charge in [-0.3, -0.25) is 9.59 Å². The number of carbonyl (C=O) groups excluding carboxylic acids is 1. The molecule has 5 rings (SSSR count). The van der Waals surface area contributed by atoms with Gasteiger partial charge in [0.25, 0.3) is 5.56 Å². The monoisotopic (exact) mass is 497 g/mol. The van der Waals surface area contributed by atoms with Crippen molar-refractivity contribution in [2.24, 2.45) is 0 Å². The minimum Gasteiger partial charge on any atom is -0.497 e. The lowest BCUT2D eigenvalue weighted by Crippen LogP contribution is -2.35. The van der Waals surface area contributed by atoms with Crippen molar-refractivity contribution in [3.05, 3.63) is 88.7 Å². The number of nitrogens with zero attached hydrogens (tertiary/aromatic N) is 1. The molecule has 7 nitrogen and oxygen atoms in total. The molecule has 0 bridgehead atoms. The second-order valence-corrected chi connectivity index (χ2v) is 9.16. The molecular weight excluding hydrogens is 466 g/mol. The highest BCUT2D eigenvalue weighted by atomic mass is 16.5. The maximum atomic E-state index is 13.4. The van der Waals surface area contributed by atoms with Crippen LogP contribution in [0.1, 0.15) is 25.3 Å². The number of nitrogens with one attached hydrogen (secondary N) is 2. The van der Waals surface area contributed by atoms with Gasteiger partial charge in [0.05, 0.1) is 31.8 Å². The van der Waals surface area contributed by atoms with Crippen LogP contribution in [0.3, 0.4) is 0 Å². The van der Waals surface area contributed by atoms with Crippen LogP contribution in [-0.4, -0.2) is 36.8 Å². The van der Waals surface area contributed by atoms with Crippen LogP contribution in [0.4, 0.5) is 5.69 Å². The molecule has 1 saturated heterocycles. The second-order valence-electron chi connectivity index (χ2n) is 9.16.